The molecule has 0 unspecified atom stereocenters. The van der Waals surface area contributed by atoms with Gasteiger partial charge in [-0.1, -0.05) is 24.3 Å². The maximum Gasteiger partial charge on any atom is 0.337 e. The number of ether oxygens (including phenoxy) is 1. The maximum atomic E-state index is 12.4. The standard InChI is InChI=1S/C18H16N2O3/c1-23-18(22)12-5-4-6-13(9-12)19-11-17(21)15-10-20-16-8-3-2-7-14(15)16/h2-10,19-20H,11H2,1H3. The fourth-order valence-electron chi connectivity index (χ4n) is 2.45. The Morgan fingerprint density at radius 2 is 1.96 bits per heavy atom. The topological polar surface area (TPSA) is 71.2 Å². The molecule has 0 aliphatic heterocycles. The number of para-hydroxylation sites is 1. The number of anilines is 1. The van der Waals surface area contributed by atoms with Crippen LogP contribution in [0.15, 0.2) is 54.7 Å². The van der Waals surface area contributed by atoms with Crippen molar-refractivity contribution in [3.05, 3.63) is 65.9 Å². The van der Waals surface area contributed by atoms with Crippen LogP contribution in [0.2, 0.25) is 0 Å². The van der Waals surface area contributed by atoms with Crippen molar-refractivity contribution in [3.8, 4) is 0 Å². The van der Waals surface area contributed by atoms with E-state index in [1.165, 1.54) is 7.11 Å². The van der Waals surface area contributed by atoms with E-state index in [0.29, 0.717) is 16.8 Å². The van der Waals surface area contributed by atoms with Gasteiger partial charge in [-0.05, 0) is 24.3 Å². The first-order valence-corrected chi connectivity index (χ1v) is 7.20. The summed E-state index contributed by atoms with van der Waals surface area (Å²) < 4.78 is 4.69. The van der Waals surface area contributed by atoms with E-state index in [0.717, 1.165) is 10.9 Å². The zero-order valence-electron chi connectivity index (χ0n) is 12.6. The molecule has 0 saturated carbocycles. The first-order valence-electron chi connectivity index (χ1n) is 7.20. The summed E-state index contributed by atoms with van der Waals surface area (Å²) in [7, 11) is 1.34. The van der Waals surface area contributed by atoms with Gasteiger partial charge in [-0.25, -0.2) is 4.79 Å². The Morgan fingerprint density at radius 1 is 1.13 bits per heavy atom. The molecule has 2 N–H and O–H groups in total. The molecule has 5 heteroatoms. The van der Waals surface area contributed by atoms with Crippen LogP contribution in [-0.4, -0.2) is 30.4 Å². The number of ketones is 1. The third-order valence-electron chi connectivity index (χ3n) is 3.63. The lowest BCUT2D eigenvalue weighted by molar-refractivity contribution is 0.0600. The smallest absolute Gasteiger partial charge is 0.337 e. The number of Topliss-reactive ketones (excluding diaryl/α,β-unsaturated/α-hetero) is 1. The number of benzene rings is 2. The van der Waals surface area contributed by atoms with Crippen LogP contribution < -0.4 is 5.32 Å². The summed E-state index contributed by atoms with van der Waals surface area (Å²) in [6, 6.07) is 14.5. The highest BCUT2D eigenvalue weighted by Crippen LogP contribution is 2.18. The normalized spacial score (nSPS) is 10.5. The number of fused-ring (bicyclic) bond motifs is 1. The van der Waals surface area contributed by atoms with E-state index in [9.17, 15) is 9.59 Å². The molecule has 2 aromatic carbocycles. The van der Waals surface area contributed by atoms with Crippen molar-refractivity contribution >= 4 is 28.3 Å². The molecule has 0 aliphatic carbocycles. The lowest BCUT2D eigenvalue weighted by Gasteiger charge is -2.07. The van der Waals surface area contributed by atoms with Crippen molar-refractivity contribution in [3.63, 3.8) is 0 Å². The van der Waals surface area contributed by atoms with Gasteiger partial charge in [-0.3, -0.25) is 4.79 Å². The molecule has 1 aromatic heterocycles. The Labute approximate surface area is 133 Å². The third-order valence-corrected chi connectivity index (χ3v) is 3.63. The summed E-state index contributed by atoms with van der Waals surface area (Å²) in [4.78, 5) is 27.0. The molecule has 0 saturated heterocycles. The SMILES string of the molecule is COC(=O)c1cccc(NCC(=O)c2c[nH]c3ccccc23)c1. The monoisotopic (exact) mass is 308 g/mol. The third kappa shape index (κ3) is 3.08. The summed E-state index contributed by atoms with van der Waals surface area (Å²) >= 11 is 0. The Hall–Kier alpha value is -3.08. The molecular weight excluding hydrogens is 292 g/mol. The molecule has 5 nitrogen and oxygen atoms in total. The molecule has 0 aliphatic rings. The molecule has 0 fully saturated rings. The van der Waals surface area contributed by atoms with Gasteiger partial charge in [0.2, 0.25) is 0 Å². The minimum Gasteiger partial charge on any atom is -0.465 e. The minimum absolute atomic E-state index is 0.0223. The maximum absolute atomic E-state index is 12.4. The average Bonchev–Trinajstić information content (AvgIpc) is 3.03. The van der Waals surface area contributed by atoms with Crippen LogP contribution in [0, 0.1) is 0 Å². The molecule has 1 heterocycles. The molecule has 23 heavy (non-hydrogen) atoms. The fourth-order valence-corrected chi connectivity index (χ4v) is 2.45. The number of rotatable bonds is 5. The number of esters is 1. The van der Waals surface area contributed by atoms with Gasteiger partial charge in [0.25, 0.3) is 0 Å². The molecule has 0 bridgehead atoms. The predicted molar refractivity (Wildman–Crippen MR) is 88.9 cm³/mol. The molecule has 0 atom stereocenters. The van der Waals surface area contributed by atoms with Crippen molar-refractivity contribution < 1.29 is 14.3 Å². The summed E-state index contributed by atoms with van der Waals surface area (Å²) in [6.07, 6.45) is 1.72. The fraction of sp³-hybridized carbons (Fsp3) is 0.111. The van der Waals surface area contributed by atoms with Gasteiger partial charge in [-0.15, -0.1) is 0 Å². The van der Waals surface area contributed by atoms with Gasteiger partial charge in [-0.2, -0.15) is 0 Å². The highest BCUT2D eigenvalue weighted by molar-refractivity contribution is 6.09. The first kappa shape index (κ1) is 14.8. The van der Waals surface area contributed by atoms with Crippen LogP contribution in [0.25, 0.3) is 10.9 Å². The van der Waals surface area contributed by atoms with Crippen LogP contribution in [0.4, 0.5) is 5.69 Å². The highest BCUT2D eigenvalue weighted by atomic mass is 16.5. The van der Waals surface area contributed by atoms with Gasteiger partial charge in [0, 0.05) is 28.4 Å². The van der Waals surface area contributed by atoms with Crippen molar-refractivity contribution in [1.29, 1.82) is 0 Å². The second-order valence-corrected chi connectivity index (χ2v) is 5.10. The van der Waals surface area contributed by atoms with Crippen molar-refractivity contribution in [2.45, 2.75) is 0 Å². The Balaban J connectivity index is 1.73. The number of H-pyrrole nitrogens is 1. The van der Waals surface area contributed by atoms with Crippen LogP contribution in [-0.2, 0) is 4.74 Å². The largest absolute Gasteiger partial charge is 0.465 e. The van der Waals surface area contributed by atoms with Gasteiger partial charge in [0.15, 0.2) is 5.78 Å². The van der Waals surface area contributed by atoms with E-state index in [1.54, 1.807) is 30.5 Å². The highest BCUT2D eigenvalue weighted by Gasteiger charge is 2.12. The molecule has 0 radical (unpaired) electrons. The predicted octanol–water partition coefficient (Wildman–Crippen LogP) is 3.25. The quantitative estimate of drug-likeness (QED) is 0.560. The number of nitrogens with one attached hydrogen (secondary N) is 2. The van der Waals surface area contributed by atoms with Gasteiger partial charge in [0.1, 0.15) is 0 Å². The van der Waals surface area contributed by atoms with Gasteiger partial charge >= 0.3 is 5.97 Å². The van der Waals surface area contributed by atoms with E-state index in [-0.39, 0.29) is 12.3 Å². The Kier molecular flexibility index (Phi) is 4.10. The van der Waals surface area contributed by atoms with Gasteiger partial charge in [0.05, 0.1) is 19.2 Å². The van der Waals surface area contributed by atoms with E-state index < -0.39 is 5.97 Å². The molecule has 0 amide bonds. The van der Waals surface area contributed by atoms with Gasteiger partial charge < -0.3 is 15.0 Å². The first-order chi connectivity index (χ1) is 11.2. The lowest BCUT2D eigenvalue weighted by atomic mass is 10.1. The van der Waals surface area contributed by atoms with Crippen molar-refractivity contribution in [2.75, 3.05) is 19.0 Å². The second kappa shape index (κ2) is 6.36. The minimum atomic E-state index is -0.406. The Bertz CT molecular complexity index is 867. The summed E-state index contributed by atoms with van der Waals surface area (Å²) in [6.45, 7) is 0.145. The zero-order valence-corrected chi connectivity index (χ0v) is 12.6. The molecule has 3 aromatic rings. The summed E-state index contributed by atoms with van der Waals surface area (Å²) in [5.41, 5.74) is 2.72. The summed E-state index contributed by atoms with van der Waals surface area (Å²) in [5.74, 6) is -0.428. The van der Waals surface area contributed by atoms with Crippen LogP contribution in [0.1, 0.15) is 20.7 Å². The number of hydrogen-bond acceptors (Lipinski definition) is 4. The molecular formula is C18H16N2O3. The lowest BCUT2D eigenvalue weighted by Crippen LogP contribution is -2.14. The van der Waals surface area contributed by atoms with E-state index in [1.807, 2.05) is 24.3 Å². The average molecular weight is 308 g/mol. The number of carbonyl (C=O) groups excluding carboxylic acids is 2. The zero-order chi connectivity index (χ0) is 16.2. The molecule has 0 spiro atoms. The van der Waals surface area contributed by atoms with Crippen LogP contribution in [0.5, 0.6) is 0 Å². The van der Waals surface area contributed by atoms with Crippen LogP contribution in [0.3, 0.4) is 0 Å². The number of aromatic nitrogens is 1. The number of aromatic amines is 1. The summed E-state index contributed by atoms with van der Waals surface area (Å²) in [5, 5.41) is 3.95. The second-order valence-electron chi connectivity index (χ2n) is 5.10. The molecule has 3 rings (SSSR count). The van der Waals surface area contributed by atoms with Crippen molar-refractivity contribution in [1.82, 2.24) is 4.98 Å². The van der Waals surface area contributed by atoms with Crippen LogP contribution >= 0.6 is 0 Å². The number of hydrogen-bond donors (Lipinski definition) is 2. The number of methoxy groups -OCH3 is 1. The molecule has 116 valence electrons. The Morgan fingerprint density at radius 3 is 2.78 bits per heavy atom. The number of carbonyl (C=O) groups is 2. The van der Waals surface area contributed by atoms with E-state index >= 15 is 0 Å². The van der Waals surface area contributed by atoms with E-state index in [4.69, 9.17) is 0 Å². The van der Waals surface area contributed by atoms with E-state index in [2.05, 4.69) is 15.0 Å². The van der Waals surface area contributed by atoms with Crippen molar-refractivity contribution in [2.24, 2.45) is 0 Å².